The van der Waals surface area contributed by atoms with Gasteiger partial charge in [0.1, 0.15) is 11.3 Å². The number of hydrogen-bond acceptors (Lipinski definition) is 5. The Morgan fingerprint density at radius 1 is 1.32 bits per heavy atom. The number of nitrogens with zero attached hydrogens (tertiary/aromatic N) is 2. The third-order valence-corrected chi connectivity index (χ3v) is 4.78. The molecule has 0 fully saturated rings. The zero-order valence-corrected chi connectivity index (χ0v) is 17.0. The first-order chi connectivity index (χ1) is 13.3. The Hall–Kier alpha value is -2.80. The number of aromatic nitrogens is 2. The van der Waals surface area contributed by atoms with Gasteiger partial charge in [-0.05, 0) is 39.8 Å². The smallest absolute Gasteiger partial charge is 0.337 e. The van der Waals surface area contributed by atoms with Crippen molar-refractivity contribution in [2.45, 2.75) is 40.3 Å². The molecule has 0 atom stereocenters. The Labute approximate surface area is 167 Å². The van der Waals surface area contributed by atoms with Gasteiger partial charge in [-0.25, -0.2) is 4.79 Å². The highest BCUT2D eigenvalue weighted by Gasteiger charge is 2.15. The van der Waals surface area contributed by atoms with Gasteiger partial charge >= 0.3 is 5.63 Å². The molecule has 0 aliphatic heterocycles. The van der Waals surface area contributed by atoms with Crippen LogP contribution in [-0.4, -0.2) is 28.3 Å². The summed E-state index contributed by atoms with van der Waals surface area (Å²) in [6, 6.07) is 6.27. The van der Waals surface area contributed by atoms with E-state index in [-0.39, 0.29) is 17.6 Å². The fourth-order valence-corrected chi connectivity index (χ4v) is 3.08. The van der Waals surface area contributed by atoms with Gasteiger partial charge in [-0.3, -0.25) is 9.48 Å². The molecule has 0 radical (unpaired) electrons. The van der Waals surface area contributed by atoms with E-state index in [9.17, 15) is 9.59 Å². The van der Waals surface area contributed by atoms with Crippen LogP contribution >= 0.6 is 11.6 Å². The Kier molecular flexibility index (Phi) is 5.74. The van der Waals surface area contributed by atoms with Crippen LogP contribution in [0.2, 0.25) is 5.02 Å². The summed E-state index contributed by atoms with van der Waals surface area (Å²) in [6.07, 6.45) is -0.0152. The SMILES string of the molecule is Cc1nn(CCNC(=O)c2cc(=O)oc3cc(OC(C)C)ccc23)c(C)c1Cl. The second kappa shape index (κ2) is 8.06. The Balaban J connectivity index is 1.79. The van der Waals surface area contributed by atoms with E-state index in [0.717, 1.165) is 11.4 Å². The quantitative estimate of drug-likeness (QED) is 0.637. The first-order valence-corrected chi connectivity index (χ1v) is 9.36. The third-order valence-electron chi connectivity index (χ3n) is 4.23. The van der Waals surface area contributed by atoms with Gasteiger partial charge in [-0.2, -0.15) is 5.10 Å². The van der Waals surface area contributed by atoms with Crippen LogP contribution in [0, 0.1) is 13.8 Å². The van der Waals surface area contributed by atoms with Crippen LogP contribution in [0.3, 0.4) is 0 Å². The van der Waals surface area contributed by atoms with Crippen molar-refractivity contribution in [3.8, 4) is 5.75 Å². The second-order valence-corrected chi connectivity index (χ2v) is 7.15. The van der Waals surface area contributed by atoms with Crippen molar-refractivity contribution in [3.05, 3.63) is 56.7 Å². The number of amides is 1. The van der Waals surface area contributed by atoms with E-state index in [1.54, 1.807) is 22.9 Å². The molecule has 1 N–H and O–H groups in total. The zero-order valence-electron chi connectivity index (χ0n) is 16.2. The fraction of sp³-hybridized carbons (Fsp3) is 0.350. The van der Waals surface area contributed by atoms with Crippen molar-refractivity contribution < 1.29 is 13.9 Å². The Morgan fingerprint density at radius 3 is 2.71 bits per heavy atom. The number of hydrogen-bond donors (Lipinski definition) is 1. The van der Waals surface area contributed by atoms with Crippen molar-refractivity contribution in [2.75, 3.05) is 6.54 Å². The van der Waals surface area contributed by atoms with E-state index in [0.29, 0.717) is 34.8 Å². The van der Waals surface area contributed by atoms with Crippen molar-refractivity contribution >= 4 is 28.5 Å². The molecule has 3 rings (SSSR count). The highest BCUT2D eigenvalue weighted by molar-refractivity contribution is 6.31. The molecule has 0 saturated carbocycles. The normalized spacial score (nSPS) is 11.2. The summed E-state index contributed by atoms with van der Waals surface area (Å²) in [5.74, 6) is 0.215. The molecule has 0 bridgehead atoms. The van der Waals surface area contributed by atoms with Gasteiger partial charge in [0.15, 0.2) is 0 Å². The minimum Gasteiger partial charge on any atom is -0.491 e. The van der Waals surface area contributed by atoms with Crippen LogP contribution in [0.1, 0.15) is 35.6 Å². The number of carbonyl (C=O) groups is 1. The number of aryl methyl sites for hydroxylation is 1. The molecule has 0 saturated heterocycles. The highest BCUT2D eigenvalue weighted by Crippen LogP contribution is 2.23. The Bertz CT molecular complexity index is 1080. The molecule has 148 valence electrons. The lowest BCUT2D eigenvalue weighted by atomic mass is 10.1. The van der Waals surface area contributed by atoms with E-state index in [4.69, 9.17) is 20.8 Å². The summed E-state index contributed by atoms with van der Waals surface area (Å²) in [5.41, 5.74) is 1.56. The van der Waals surface area contributed by atoms with Crippen LogP contribution in [0.5, 0.6) is 5.75 Å². The molecule has 2 aromatic heterocycles. The van der Waals surface area contributed by atoms with E-state index in [2.05, 4.69) is 10.4 Å². The van der Waals surface area contributed by atoms with E-state index >= 15 is 0 Å². The largest absolute Gasteiger partial charge is 0.491 e. The molecule has 2 heterocycles. The van der Waals surface area contributed by atoms with Gasteiger partial charge < -0.3 is 14.5 Å². The van der Waals surface area contributed by atoms with E-state index < -0.39 is 5.63 Å². The van der Waals surface area contributed by atoms with Gasteiger partial charge in [-0.1, -0.05) is 11.6 Å². The number of rotatable bonds is 6. The molecule has 0 spiro atoms. The molecule has 8 heteroatoms. The van der Waals surface area contributed by atoms with Gasteiger partial charge in [0, 0.05) is 24.1 Å². The standard InChI is InChI=1S/C20H22ClN3O4/c1-11(2)27-14-5-6-15-16(10-18(25)28-17(15)9-14)20(26)22-7-8-24-13(4)19(21)12(3)23-24/h5-6,9-11H,7-8H2,1-4H3,(H,22,26). The van der Waals surface area contributed by atoms with Gasteiger partial charge in [0.2, 0.25) is 0 Å². The molecule has 0 aliphatic carbocycles. The third kappa shape index (κ3) is 4.20. The number of carbonyl (C=O) groups excluding carboxylic acids is 1. The van der Waals surface area contributed by atoms with Crippen LogP contribution in [0.15, 0.2) is 33.5 Å². The van der Waals surface area contributed by atoms with Gasteiger partial charge in [0.05, 0.1) is 34.6 Å². The summed E-state index contributed by atoms with van der Waals surface area (Å²) in [5, 5.41) is 8.31. The maximum atomic E-state index is 12.6. The molecule has 7 nitrogen and oxygen atoms in total. The van der Waals surface area contributed by atoms with Gasteiger partial charge in [-0.15, -0.1) is 0 Å². The summed E-state index contributed by atoms with van der Waals surface area (Å²) in [4.78, 5) is 24.5. The predicted molar refractivity (Wildman–Crippen MR) is 107 cm³/mol. The van der Waals surface area contributed by atoms with Crippen LogP contribution in [-0.2, 0) is 6.54 Å². The molecule has 0 aliphatic rings. The molecular weight excluding hydrogens is 382 g/mol. The maximum absolute atomic E-state index is 12.6. The number of benzene rings is 1. The average Bonchev–Trinajstić information content (AvgIpc) is 2.87. The zero-order chi connectivity index (χ0) is 20.4. The van der Waals surface area contributed by atoms with Crippen molar-refractivity contribution in [2.24, 2.45) is 0 Å². The monoisotopic (exact) mass is 403 g/mol. The van der Waals surface area contributed by atoms with Crippen LogP contribution < -0.4 is 15.7 Å². The predicted octanol–water partition coefficient (Wildman–Crippen LogP) is 3.48. The van der Waals surface area contributed by atoms with Crippen LogP contribution in [0.4, 0.5) is 0 Å². The van der Waals surface area contributed by atoms with E-state index in [1.807, 2.05) is 27.7 Å². The summed E-state index contributed by atoms with van der Waals surface area (Å²) in [7, 11) is 0. The molecule has 1 amide bonds. The van der Waals surface area contributed by atoms with Gasteiger partial charge in [0.25, 0.3) is 5.91 Å². The lowest BCUT2D eigenvalue weighted by Gasteiger charge is -2.11. The molecule has 0 unspecified atom stereocenters. The molecule has 3 aromatic rings. The number of halogens is 1. The first kappa shape index (κ1) is 19.9. The Morgan fingerprint density at radius 2 is 2.07 bits per heavy atom. The summed E-state index contributed by atoms with van der Waals surface area (Å²) >= 11 is 6.14. The maximum Gasteiger partial charge on any atom is 0.337 e. The minimum absolute atomic E-state index is 0.0152. The fourth-order valence-electron chi connectivity index (χ4n) is 2.94. The molecule has 1 aromatic carbocycles. The van der Waals surface area contributed by atoms with Crippen LogP contribution in [0.25, 0.3) is 11.0 Å². The number of fused-ring (bicyclic) bond motifs is 1. The molecular formula is C20H22ClN3O4. The van der Waals surface area contributed by atoms with Crippen molar-refractivity contribution in [1.82, 2.24) is 15.1 Å². The lowest BCUT2D eigenvalue weighted by Crippen LogP contribution is -2.28. The number of nitrogens with one attached hydrogen (secondary N) is 1. The number of ether oxygens (including phenoxy) is 1. The minimum atomic E-state index is -0.593. The average molecular weight is 404 g/mol. The van der Waals surface area contributed by atoms with Crippen molar-refractivity contribution in [1.29, 1.82) is 0 Å². The summed E-state index contributed by atoms with van der Waals surface area (Å²) in [6.45, 7) is 8.32. The van der Waals surface area contributed by atoms with E-state index in [1.165, 1.54) is 6.07 Å². The topological polar surface area (TPSA) is 86.4 Å². The first-order valence-electron chi connectivity index (χ1n) is 8.98. The summed E-state index contributed by atoms with van der Waals surface area (Å²) < 4.78 is 12.6. The van der Waals surface area contributed by atoms with Crippen molar-refractivity contribution in [3.63, 3.8) is 0 Å². The molecule has 28 heavy (non-hydrogen) atoms. The second-order valence-electron chi connectivity index (χ2n) is 6.77. The highest BCUT2D eigenvalue weighted by atomic mass is 35.5. The lowest BCUT2D eigenvalue weighted by molar-refractivity contribution is 0.0953.